The van der Waals surface area contributed by atoms with Crippen LogP contribution >= 0.6 is 11.5 Å². The van der Waals surface area contributed by atoms with Gasteiger partial charge in [0.1, 0.15) is 10.2 Å². The van der Waals surface area contributed by atoms with Crippen LogP contribution in [0.4, 0.5) is 0 Å². The monoisotopic (exact) mass is 187 g/mol. The quantitative estimate of drug-likeness (QED) is 0.541. The number of rotatable bonds is 0. The second kappa shape index (κ2) is 2.47. The summed E-state index contributed by atoms with van der Waals surface area (Å²) in [5.74, 6) is 0. The molecular formula is C9H5N3S. The predicted octanol–water partition coefficient (Wildman–Crippen LogP) is 2.24. The first-order chi connectivity index (χ1) is 6.45. The van der Waals surface area contributed by atoms with Crippen molar-refractivity contribution in [3.05, 3.63) is 30.5 Å². The van der Waals surface area contributed by atoms with E-state index in [9.17, 15) is 0 Å². The summed E-state index contributed by atoms with van der Waals surface area (Å²) in [6.07, 6.45) is 1.79. The SMILES string of the molecule is c1cnc2c(c1)ccc1nnsc12. The van der Waals surface area contributed by atoms with Crippen molar-refractivity contribution < 1.29 is 0 Å². The number of benzene rings is 1. The highest BCUT2D eigenvalue weighted by atomic mass is 32.1. The summed E-state index contributed by atoms with van der Waals surface area (Å²) < 4.78 is 4.97. The van der Waals surface area contributed by atoms with Crippen molar-refractivity contribution in [3.8, 4) is 0 Å². The van der Waals surface area contributed by atoms with Crippen LogP contribution in [0.25, 0.3) is 21.1 Å². The number of nitrogens with zero attached hydrogens (tertiary/aromatic N) is 3. The van der Waals surface area contributed by atoms with Crippen molar-refractivity contribution in [1.29, 1.82) is 0 Å². The third kappa shape index (κ3) is 0.922. The first-order valence-electron chi connectivity index (χ1n) is 3.91. The van der Waals surface area contributed by atoms with Gasteiger partial charge in [-0.2, -0.15) is 0 Å². The van der Waals surface area contributed by atoms with Gasteiger partial charge in [-0.1, -0.05) is 16.6 Å². The van der Waals surface area contributed by atoms with Gasteiger partial charge in [-0.15, -0.1) is 5.10 Å². The summed E-state index contributed by atoms with van der Waals surface area (Å²) >= 11 is 1.39. The average Bonchev–Trinajstić information content (AvgIpc) is 2.65. The molecule has 0 saturated heterocycles. The summed E-state index contributed by atoms with van der Waals surface area (Å²) in [4.78, 5) is 4.31. The van der Waals surface area contributed by atoms with E-state index < -0.39 is 0 Å². The molecule has 0 unspecified atom stereocenters. The van der Waals surface area contributed by atoms with E-state index in [1.807, 2.05) is 24.3 Å². The molecule has 0 aliphatic carbocycles. The Hall–Kier alpha value is -1.55. The number of hydrogen-bond acceptors (Lipinski definition) is 4. The lowest BCUT2D eigenvalue weighted by Crippen LogP contribution is -1.77. The average molecular weight is 187 g/mol. The molecule has 4 heteroatoms. The summed E-state index contributed by atoms with van der Waals surface area (Å²) in [6, 6.07) is 7.97. The molecule has 1 aromatic carbocycles. The van der Waals surface area contributed by atoms with Gasteiger partial charge in [0.25, 0.3) is 0 Å². The Balaban J connectivity index is 2.65. The number of fused-ring (bicyclic) bond motifs is 3. The van der Waals surface area contributed by atoms with E-state index in [4.69, 9.17) is 0 Å². The zero-order valence-electron chi connectivity index (χ0n) is 6.64. The minimum Gasteiger partial charge on any atom is -0.255 e. The summed E-state index contributed by atoms with van der Waals surface area (Å²) in [5.41, 5.74) is 1.92. The Morgan fingerprint density at radius 3 is 3.15 bits per heavy atom. The van der Waals surface area contributed by atoms with Gasteiger partial charge in [0.2, 0.25) is 0 Å². The molecule has 0 atom stereocenters. The van der Waals surface area contributed by atoms with Crippen molar-refractivity contribution in [2.45, 2.75) is 0 Å². The van der Waals surface area contributed by atoms with Crippen molar-refractivity contribution in [1.82, 2.24) is 14.6 Å². The van der Waals surface area contributed by atoms with Crippen molar-refractivity contribution >= 4 is 32.7 Å². The lowest BCUT2D eigenvalue weighted by atomic mass is 10.2. The molecule has 62 valence electrons. The Morgan fingerprint density at radius 2 is 2.15 bits per heavy atom. The third-order valence-electron chi connectivity index (χ3n) is 1.99. The highest BCUT2D eigenvalue weighted by Crippen LogP contribution is 2.24. The smallest absolute Gasteiger partial charge is 0.108 e. The highest BCUT2D eigenvalue weighted by molar-refractivity contribution is 7.14. The van der Waals surface area contributed by atoms with Crippen LogP contribution in [0.15, 0.2) is 30.5 Å². The second-order valence-corrected chi connectivity index (χ2v) is 3.52. The normalized spacial score (nSPS) is 11.1. The van der Waals surface area contributed by atoms with Crippen molar-refractivity contribution in [2.75, 3.05) is 0 Å². The first-order valence-corrected chi connectivity index (χ1v) is 4.68. The highest BCUT2D eigenvalue weighted by Gasteiger charge is 2.03. The first kappa shape index (κ1) is 6.91. The van der Waals surface area contributed by atoms with Crippen LogP contribution < -0.4 is 0 Å². The molecule has 0 spiro atoms. The molecule has 3 rings (SSSR count). The van der Waals surface area contributed by atoms with Crippen LogP contribution in [0.1, 0.15) is 0 Å². The van der Waals surface area contributed by atoms with E-state index in [2.05, 4.69) is 14.6 Å². The molecule has 3 aromatic rings. The van der Waals surface area contributed by atoms with Gasteiger partial charge in [0, 0.05) is 11.6 Å². The Bertz CT molecular complexity index is 573. The van der Waals surface area contributed by atoms with Crippen LogP contribution in [-0.2, 0) is 0 Å². The second-order valence-electron chi connectivity index (χ2n) is 2.76. The Kier molecular flexibility index (Phi) is 1.31. The molecular weight excluding hydrogens is 182 g/mol. The van der Waals surface area contributed by atoms with E-state index in [1.165, 1.54) is 11.5 Å². The fourth-order valence-corrected chi connectivity index (χ4v) is 2.05. The van der Waals surface area contributed by atoms with E-state index in [0.29, 0.717) is 0 Å². The predicted molar refractivity (Wildman–Crippen MR) is 52.7 cm³/mol. The summed E-state index contributed by atoms with van der Waals surface area (Å²) in [5, 5.41) is 5.14. The Labute approximate surface area is 78.2 Å². The van der Waals surface area contributed by atoms with Crippen molar-refractivity contribution in [3.63, 3.8) is 0 Å². The number of hydrogen-bond donors (Lipinski definition) is 0. The minimum absolute atomic E-state index is 0.927. The molecule has 0 amide bonds. The molecule has 0 aliphatic heterocycles. The number of pyridine rings is 1. The Morgan fingerprint density at radius 1 is 1.15 bits per heavy atom. The molecule has 2 heterocycles. The molecule has 0 bridgehead atoms. The van der Waals surface area contributed by atoms with Crippen LogP contribution in [0, 0.1) is 0 Å². The fraction of sp³-hybridized carbons (Fsp3) is 0. The van der Waals surface area contributed by atoms with Gasteiger partial charge >= 0.3 is 0 Å². The lowest BCUT2D eigenvalue weighted by molar-refractivity contribution is 1.20. The topological polar surface area (TPSA) is 38.7 Å². The molecule has 0 fully saturated rings. The minimum atomic E-state index is 0.927. The summed E-state index contributed by atoms with van der Waals surface area (Å²) in [6.45, 7) is 0. The van der Waals surface area contributed by atoms with E-state index in [1.54, 1.807) is 6.20 Å². The molecule has 13 heavy (non-hydrogen) atoms. The standard InChI is InChI=1S/C9H5N3S/c1-2-6-3-4-7-9(13-12-11-7)8(6)10-5-1/h1-5H. The number of aromatic nitrogens is 3. The maximum Gasteiger partial charge on any atom is 0.108 e. The zero-order valence-corrected chi connectivity index (χ0v) is 7.45. The van der Waals surface area contributed by atoms with Gasteiger partial charge in [-0.25, -0.2) is 0 Å². The maximum atomic E-state index is 4.31. The van der Waals surface area contributed by atoms with Gasteiger partial charge in [-0.3, -0.25) is 4.98 Å². The summed E-state index contributed by atoms with van der Waals surface area (Å²) in [7, 11) is 0. The van der Waals surface area contributed by atoms with E-state index in [-0.39, 0.29) is 0 Å². The lowest BCUT2D eigenvalue weighted by Gasteiger charge is -1.94. The van der Waals surface area contributed by atoms with Gasteiger partial charge in [-0.05, 0) is 23.7 Å². The largest absolute Gasteiger partial charge is 0.255 e. The molecule has 0 N–H and O–H groups in total. The molecule has 0 aliphatic rings. The van der Waals surface area contributed by atoms with Crippen LogP contribution in [0.5, 0.6) is 0 Å². The third-order valence-corrected chi connectivity index (χ3v) is 2.74. The molecule has 3 nitrogen and oxygen atoms in total. The van der Waals surface area contributed by atoms with Gasteiger partial charge < -0.3 is 0 Å². The van der Waals surface area contributed by atoms with Gasteiger partial charge in [0.05, 0.1) is 5.52 Å². The van der Waals surface area contributed by atoms with Crippen LogP contribution in [-0.4, -0.2) is 14.6 Å². The van der Waals surface area contributed by atoms with Gasteiger partial charge in [0.15, 0.2) is 0 Å². The fourth-order valence-electron chi connectivity index (χ4n) is 1.38. The van der Waals surface area contributed by atoms with Crippen LogP contribution in [0.2, 0.25) is 0 Å². The van der Waals surface area contributed by atoms with E-state index >= 15 is 0 Å². The van der Waals surface area contributed by atoms with Crippen LogP contribution in [0.3, 0.4) is 0 Å². The zero-order chi connectivity index (χ0) is 8.67. The van der Waals surface area contributed by atoms with E-state index in [0.717, 1.165) is 21.1 Å². The maximum absolute atomic E-state index is 4.31. The molecule has 0 saturated carbocycles. The molecule has 2 aromatic heterocycles. The molecule has 0 radical (unpaired) electrons. The van der Waals surface area contributed by atoms with Crippen molar-refractivity contribution in [2.24, 2.45) is 0 Å².